The van der Waals surface area contributed by atoms with Gasteiger partial charge in [-0.3, -0.25) is 4.79 Å². The second-order valence-electron chi connectivity index (χ2n) is 6.00. The van der Waals surface area contributed by atoms with Crippen LogP contribution < -0.4 is 9.47 Å². The summed E-state index contributed by atoms with van der Waals surface area (Å²) in [6.07, 6.45) is 0.948. The Labute approximate surface area is 176 Å². The molecule has 146 valence electrons. The van der Waals surface area contributed by atoms with Crippen LogP contribution in [0.1, 0.15) is 17.7 Å². The number of hydrogen-bond acceptors (Lipinski definition) is 6. The summed E-state index contributed by atoms with van der Waals surface area (Å²) in [5, 5.41) is 2.72. The zero-order chi connectivity index (χ0) is 19.9. The molecule has 7 heteroatoms. The van der Waals surface area contributed by atoms with Crippen molar-refractivity contribution >= 4 is 33.2 Å². The second-order valence-corrected chi connectivity index (χ2v) is 7.77. The second kappa shape index (κ2) is 9.71. The SMILES string of the molecule is COc1ccc(CCC(=O)OCc2csc(-c3cc(Br)ccc3OC)n2)cc1. The molecule has 3 rings (SSSR count). The molecule has 0 N–H and O–H groups in total. The van der Waals surface area contributed by atoms with Crippen molar-refractivity contribution in [3.8, 4) is 22.1 Å². The van der Waals surface area contributed by atoms with Crippen molar-refractivity contribution in [2.24, 2.45) is 0 Å². The molecule has 3 aromatic rings. The molecule has 0 amide bonds. The van der Waals surface area contributed by atoms with Gasteiger partial charge in [-0.1, -0.05) is 28.1 Å². The van der Waals surface area contributed by atoms with Crippen LogP contribution in [0.4, 0.5) is 0 Å². The Kier molecular flexibility index (Phi) is 7.06. The lowest BCUT2D eigenvalue weighted by Crippen LogP contribution is -2.06. The molecule has 0 aliphatic carbocycles. The molecule has 28 heavy (non-hydrogen) atoms. The number of benzene rings is 2. The topological polar surface area (TPSA) is 57.7 Å². The summed E-state index contributed by atoms with van der Waals surface area (Å²) in [6.45, 7) is 0.161. The molecular weight excluding hydrogens is 442 g/mol. The van der Waals surface area contributed by atoms with E-state index in [1.54, 1.807) is 14.2 Å². The third-order valence-corrected chi connectivity index (χ3v) is 5.52. The van der Waals surface area contributed by atoms with Gasteiger partial charge >= 0.3 is 5.97 Å². The van der Waals surface area contributed by atoms with Crippen LogP contribution in [0.25, 0.3) is 10.6 Å². The van der Waals surface area contributed by atoms with Gasteiger partial charge in [-0.05, 0) is 42.3 Å². The monoisotopic (exact) mass is 461 g/mol. The number of ether oxygens (including phenoxy) is 3. The summed E-state index contributed by atoms with van der Waals surface area (Å²) in [5.74, 6) is 1.30. The van der Waals surface area contributed by atoms with E-state index in [-0.39, 0.29) is 12.6 Å². The van der Waals surface area contributed by atoms with E-state index in [4.69, 9.17) is 14.2 Å². The van der Waals surface area contributed by atoms with Crippen LogP contribution in [0.3, 0.4) is 0 Å². The molecule has 0 fully saturated rings. The van der Waals surface area contributed by atoms with Gasteiger partial charge in [0.25, 0.3) is 0 Å². The fourth-order valence-electron chi connectivity index (χ4n) is 2.61. The number of carbonyl (C=O) groups is 1. The predicted octanol–water partition coefficient (Wildman–Crippen LogP) is 5.27. The highest BCUT2D eigenvalue weighted by molar-refractivity contribution is 9.10. The molecule has 2 aromatic carbocycles. The van der Waals surface area contributed by atoms with E-state index in [2.05, 4.69) is 20.9 Å². The van der Waals surface area contributed by atoms with Gasteiger partial charge in [-0.15, -0.1) is 11.3 Å². The Balaban J connectivity index is 1.54. The maximum Gasteiger partial charge on any atom is 0.306 e. The Morgan fingerprint density at radius 1 is 1.11 bits per heavy atom. The van der Waals surface area contributed by atoms with Gasteiger partial charge in [-0.25, -0.2) is 4.98 Å². The van der Waals surface area contributed by atoms with Crippen molar-refractivity contribution in [2.45, 2.75) is 19.4 Å². The van der Waals surface area contributed by atoms with Crippen LogP contribution >= 0.6 is 27.3 Å². The minimum Gasteiger partial charge on any atom is -0.497 e. The van der Waals surface area contributed by atoms with Gasteiger partial charge in [0, 0.05) is 16.3 Å². The van der Waals surface area contributed by atoms with Gasteiger partial charge in [0.2, 0.25) is 0 Å². The molecule has 5 nitrogen and oxygen atoms in total. The molecule has 0 aliphatic heterocycles. The number of rotatable bonds is 8. The number of esters is 1. The van der Waals surface area contributed by atoms with Crippen LogP contribution in [0.5, 0.6) is 11.5 Å². The van der Waals surface area contributed by atoms with E-state index in [0.717, 1.165) is 37.8 Å². The number of aryl methyl sites for hydroxylation is 1. The van der Waals surface area contributed by atoms with E-state index >= 15 is 0 Å². The van der Waals surface area contributed by atoms with E-state index in [1.807, 2.05) is 47.8 Å². The van der Waals surface area contributed by atoms with Gasteiger partial charge in [0.1, 0.15) is 23.1 Å². The Morgan fingerprint density at radius 3 is 2.61 bits per heavy atom. The first-order valence-corrected chi connectivity index (χ1v) is 10.3. The van der Waals surface area contributed by atoms with Crippen molar-refractivity contribution in [1.29, 1.82) is 0 Å². The number of halogens is 1. The van der Waals surface area contributed by atoms with Crippen LogP contribution in [-0.4, -0.2) is 25.2 Å². The zero-order valence-electron chi connectivity index (χ0n) is 15.6. The first-order chi connectivity index (χ1) is 13.6. The molecule has 0 atom stereocenters. The minimum absolute atomic E-state index is 0.161. The summed E-state index contributed by atoms with van der Waals surface area (Å²) < 4.78 is 16.8. The fourth-order valence-corrected chi connectivity index (χ4v) is 3.80. The fraction of sp³-hybridized carbons (Fsp3) is 0.238. The Morgan fingerprint density at radius 2 is 1.89 bits per heavy atom. The van der Waals surface area contributed by atoms with Crippen molar-refractivity contribution < 1.29 is 19.0 Å². The summed E-state index contributed by atoms with van der Waals surface area (Å²) in [7, 11) is 3.26. The lowest BCUT2D eigenvalue weighted by molar-refractivity contribution is -0.145. The summed E-state index contributed by atoms with van der Waals surface area (Å²) in [5.41, 5.74) is 2.69. The molecule has 0 aliphatic rings. The lowest BCUT2D eigenvalue weighted by Gasteiger charge is -2.06. The van der Waals surface area contributed by atoms with Crippen LogP contribution in [0.15, 0.2) is 52.3 Å². The number of hydrogen-bond donors (Lipinski definition) is 0. The molecular formula is C21H20BrNO4S. The van der Waals surface area contributed by atoms with Crippen molar-refractivity contribution in [3.05, 3.63) is 63.6 Å². The van der Waals surface area contributed by atoms with Gasteiger partial charge in [-0.2, -0.15) is 0 Å². The molecule has 0 bridgehead atoms. The summed E-state index contributed by atoms with van der Waals surface area (Å²) in [4.78, 5) is 16.6. The van der Waals surface area contributed by atoms with Crippen molar-refractivity contribution in [2.75, 3.05) is 14.2 Å². The number of carbonyl (C=O) groups excluding carboxylic acids is 1. The number of nitrogens with zero attached hydrogens (tertiary/aromatic N) is 1. The molecule has 0 saturated carbocycles. The maximum atomic E-state index is 12.0. The largest absolute Gasteiger partial charge is 0.497 e. The molecule has 1 aromatic heterocycles. The third kappa shape index (κ3) is 5.33. The van der Waals surface area contributed by atoms with Crippen molar-refractivity contribution in [1.82, 2.24) is 4.98 Å². The minimum atomic E-state index is -0.245. The Bertz CT molecular complexity index is 940. The van der Waals surface area contributed by atoms with E-state index in [0.29, 0.717) is 12.8 Å². The maximum absolute atomic E-state index is 12.0. The van der Waals surface area contributed by atoms with Gasteiger partial charge in [0.15, 0.2) is 0 Å². The van der Waals surface area contributed by atoms with Gasteiger partial charge in [0.05, 0.1) is 25.5 Å². The summed E-state index contributed by atoms with van der Waals surface area (Å²) >= 11 is 4.96. The van der Waals surface area contributed by atoms with Crippen LogP contribution in [0, 0.1) is 0 Å². The third-order valence-electron chi connectivity index (χ3n) is 4.10. The number of methoxy groups -OCH3 is 2. The quantitative estimate of drug-likeness (QED) is 0.427. The molecule has 0 saturated heterocycles. The van der Waals surface area contributed by atoms with E-state index < -0.39 is 0 Å². The van der Waals surface area contributed by atoms with Crippen molar-refractivity contribution in [3.63, 3.8) is 0 Å². The lowest BCUT2D eigenvalue weighted by atomic mass is 10.1. The standard InChI is InChI=1S/C21H20BrNO4S/c1-25-17-7-3-14(4-8-17)5-10-20(24)27-12-16-13-28-21(23-16)18-11-15(22)6-9-19(18)26-2/h3-4,6-9,11,13H,5,10,12H2,1-2H3. The number of aromatic nitrogens is 1. The normalized spacial score (nSPS) is 10.5. The van der Waals surface area contributed by atoms with E-state index in [9.17, 15) is 4.79 Å². The first-order valence-electron chi connectivity index (χ1n) is 8.66. The molecule has 0 spiro atoms. The number of thiazole rings is 1. The predicted molar refractivity (Wildman–Crippen MR) is 113 cm³/mol. The van der Waals surface area contributed by atoms with Crippen LogP contribution in [0.2, 0.25) is 0 Å². The average Bonchev–Trinajstić information content (AvgIpc) is 3.20. The van der Waals surface area contributed by atoms with E-state index in [1.165, 1.54) is 11.3 Å². The summed E-state index contributed by atoms with van der Waals surface area (Å²) in [6, 6.07) is 13.4. The first kappa shape index (κ1) is 20.4. The highest BCUT2D eigenvalue weighted by Gasteiger charge is 2.12. The Hall–Kier alpha value is -2.38. The smallest absolute Gasteiger partial charge is 0.306 e. The molecule has 0 unspecified atom stereocenters. The molecule has 0 radical (unpaired) electrons. The highest BCUT2D eigenvalue weighted by Crippen LogP contribution is 2.34. The van der Waals surface area contributed by atoms with Crippen LogP contribution in [-0.2, 0) is 22.6 Å². The molecule has 1 heterocycles. The van der Waals surface area contributed by atoms with Gasteiger partial charge < -0.3 is 14.2 Å². The zero-order valence-corrected chi connectivity index (χ0v) is 18.0. The highest BCUT2D eigenvalue weighted by atomic mass is 79.9. The average molecular weight is 462 g/mol.